The molecule has 3 aliphatic rings. The highest BCUT2D eigenvalue weighted by Crippen LogP contribution is 2.45. The Labute approximate surface area is 138 Å². The second-order valence-corrected chi connectivity index (χ2v) is 8.11. The van der Waals surface area contributed by atoms with Crippen LogP contribution in [0.15, 0.2) is 12.7 Å². The molecule has 22 heavy (non-hydrogen) atoms. The van der Waals surface area contributed by atoms with Gasteiger partial charge < -0.3 is 0 Å². The number of hydrogen-bond donors (Lipinski definition) is 0. The summed E-state index contributed by atoms with van der Waals surface area (Å²) in [6.45, 7) is 5.59. The zero-order valence-electron chi connectivity index (χ0n) is 14.6. The van der Waals surface area contributed by atoms with Gasteiger partial charge in [0, 0.05) is 12.1 Å². The number of nitrogens with zero attached hydrogens (tertiary/aromatic N) is 1. The minimum atomic E-state index is 0.689. The zero-order valence-corrected chi connectivity index (χ0v) is 14.6. The van der Waals surface area contributed by atoms with Crippen LogP contribution in [-0.2, 0) is 0 Å². The highest BCUT2D eigenvalue weighted by molar-refractivity contribution is 5.06. The van der Waals surface area contributed by atoms with Crippen LogP contribution in [0, 0.1) is 11.8 Å². The lowest BCUT2D eigenvalue weighted by Gasteiger charge is -2.30. The molecule has 0 radical (unpaired) electrons. The molecule has 0 aromatic carbocycles. The highest BCUT2D eigenvalue weighted by Gasteiger charge is 2.45. The minimum absolute atomic E-state index is 0.689. The molecule has 0 bridgehead atoms. The van der Waals surface area contributed by atoms with E-state index in [0.717, 1.165) is 17.9 Å². The van der Waals surface area contributed by atoms with Crippen molar-refractivity contribution in [1.82, 2.24) is 4.90 Å². The second kappa shape index (κ2) is 8.52. The molecule has 2 aliphatic heterocycles. The largest absolute Gasteiger partial charge is 0.293 e. The first-order chi connectivity index (χ1) is 10.9. The van der Waals surface area contributed by atoms with Crippen LogP contribution >= 0.6 is 0 Å². The van der Waals surface area contributed by atoms with E-state index in [0.29, 0.717) is 6.04 Å². The second-order valence-electron chi connectivity index (χ2n) is 8.11. The lowest BCUT2D eigenvalue weighted by Crippen LogP contribution is -2.38. The summed E-state index contributed by atoms with van der Waals surface area (Å²) in [5.41, 5.74) is 0. The Morgan fingerprint density at radius 3 is 1.86 bits per heavy atom. The number of rotatable bonds is 1. The van der Waals surface area contributed by atoms with Gasteiger partial charge in [-0.05, 0) is 44.1 Å². The molecule has 0 amide bonds. The Bertz CT molecular complexity index is 337. The Morgan fingerprint density at radius 1 is 0.636 bits per heavy atom. The SMILES string of the molecule is C=CC1C2CCCCCCC2C2CCCCCCCCCN12. The molecule has 126 valence electrons. The van der Waals surface area contributed by atoms with E-state index in [1.54, 1.807) is 0 Å². The van der Waals surface area contributed by atoms with Crippen LogP contribution < -0.4 is 0 Å². The normalized spacial score (nSPS) is 38.9. The molecule has 1 nitrogen and oxygen atoms in total. The predicted octanol–water partition coefficient (Wildman–Crippen LogP) is 5.95. The zero-order chi connectivity index (χ0) is 15.2. The third kappa shape index (κ3) is 3.78. The molecule has 0 aromatic heterocycles. The molecular weight excluding hydrogens is 266 g/mol. The lowest BCUT2D eigenvalue weighted by atomic mass is 9.77. The summed E-state index contributed by atoms with van der Waals surface area (Å²) < 4.78 is 0. The Balaban J connectivity index is 1.76. The maximum atomic E-state index is 4.25. The van der Waals surface area contributed by atoms with Crippen LogP contribution in [0.1, 0.15) is 89.9 Å². The Morgan fingerprint density at radius 2 is 1.18 bits per heavy atom. The van der Waals surface area contributed by atoms with E-state index in [2.05, 4.69) is 17.6 Å². The summed E-state index contributed by atoms with van der Waals surface area (Å²) in [7, 11) is 0. The van der Waals surface area contributed by atoms with Crippen molar-refractivity contribution >= 4 is 0 Å². The fourth-order valence-corrected chi connectivity index (χ4v) is 5.69. The van der Waals surface area contributed by atoms with Crippen molar-refractivity contribution in [2.24, 2.45) is 11.8 Å². The quantitative estimate of drug-likeness (QED) is 0.541. The third-order valence-electron chi connectivity index (χ3n) is 6.77. The first-order valence-corrected chi connectivity index (χ1v) is 10.3. The first-order valence-electron chi connectivity index (χ1n) is 10.3. The van der Waals surface area contributed by atoms with Gasteiger partial charge in [0.05, 0.1) is 0 Å². The standard InChI is InChI=1S/C21H37N/c1-2-20-18-14-10-7-8-11-15-19(18)21-16-12-6-4-3-5-9-13-17-22(20)21/h2,18-21H,1,3-17H2. The van der Waals surface area contributed by atoms with Gasteiger partial charge in [-0.3, -0.25) is 4.90 Å². The molecule has 4 atom stereocenters. The highest BCUT2D eigenvalue weighted by atomic mass is 15.2. The number of fused-ring (bicyclic) bond motifs is 3. The van der Waals surface area contributed by atoms with Gasteiger partial charge in [0.25, 0.3) is 0 Å². The topological polar surface area (TPSA) is 3.24 Å². The predicted molar refractivity (Wildman–Crippen MR) is 96.1 cm³/mol. The maximum Gasteiger partial charge on any atom is 0.0310 e. The van der Waals surface area contributed by atoms with E-state index in [1.165, 1.54) is 96.4 Å². The van der Waals surface area contributed by atoms with Crippen LogP contribution in [0.3, 0.4) is 0 Å². The van der Waals surface area contributed by atoms with E-state index >= 15 is 0 Å². The third-order valence-corrected chi connectivity index (χ3v) is 6.77. The van der Waals surface area contributed by atoms with Crippen molar-refractivity contribution in [2.75, 3.05) is 6.54 Å². The molecule has 1 aliphatic carbocycles. The number of hydrogen-bond acceptors (Lipinski definition) is 1. The monoisotopic (exact) mass is 303 g/mol. The van der Waals surface area contributed by atoms with Crippen molar-refractivity contribution < 1.29 is 0 Å². The van der Waals surface area contributed by atoms with E-state index in [9.17, 15) is 0 Å². The van der Waals surface area contributed by atoms with Crippen LogP contribution in [0.4, 0.5) is 0 Å². The van der Waals surface area contributed by atoms with Gasteiger partial charge in [-0.2, -0.15) is 0 Å². The van der Waals surface area contributed by atoms with Gasteiger partial charge in [0.2, 0.25) is 0 Å². The van der Waals surface area contributed by atoms with Gasteiger partial charge in [-0.25, -0.2) is 0 Å². The van der Waals surface area contributed by atoms with Gasteiger partial charge in [0.15, 0.2) is 0 Å². The van der Waals surface area contributed by atoms with Gasteiger partial charge in [-0.1, -0.05) is 70.3 Å². The molecule has 0 aromatic rings. The van der Waals surface area contributed by atoms with Crippen LogP contribution in [0.2, 0.25) is 0 Å². The molecule has 0 N–H and O–H groups in total. The van der Waals surface area contributed by atoms with Crippen molar-refractivity contribution in [3.05, 3.63) is 12.7 Å². The molecule has 2 heterocycles. The van der Waals surface area contributed by atoms with E-state index in [1.807, 2.05) is 0 Å². The van der Waals surface area contributed by atoms with Gasteiger partial charge in [-0.15, -0.1) is 6.58 Å². The van der Waals surface area contributed by atoms with E-state index < -0.39 is 0 Å². The average Bonchev–Trinajstić information content (AvgIpc) is 2.74. The summed E-state index contributed by atoms with van der Waals surface area (Å²) >= 11 is 0. The first kappa shape index (κ1) is 16.6. The molecule has 2 saturated heterocycles. The molecule has 1 saturated carbocycles. The smallest absolute Gasteiger partial charge is 0.0310 e. The average molecular weight is 304 g/mol. The van der Waals surface area contributed by atoms with Crippen LogP contribution in [0.25, 0.3) is 0 Å². The summed E-state index contributed by atoms with van der Waals surface area (Å²) in [6, 6.07) is 1.57. The van der Waals surface area contributed by atoms with Gasteiger partial charge in [0.1, 0.15) is 0 Å². The maximum absolute atomic E-state index is 4.25. The molecule has 1 heteroatoms. The lowest BCUT2D eigenvalue weighted by molar-refractivity contribution is 0.180. The van der Waals surface area contributed by atoms with Crippen molar-refractivity contribution in [2.45, 2.75) is 102 Å². The molecular formula is C21H37N. The van der Waals surface area contributed by atoms with E-state index in [4.69, 9.17) is 0 Å². The Kier molecular flexibility index (Phi) is 6.41. The summed E-state index contributed by atoms with van der Waals surface area (Å²) in [5, 5.41) is 0. The van der Waals surface area contributed by atoms with Gasteiger partial charge >= 0.3 is 0 Å². The summed E-state index contributed by atoms with van der Waals surface area (Å²) in [4.78, 5) is 2.92. The van der Waals surface area contributed by atoms with Crippen molar-refractivity contribution in [3.8, 4) is 0 Å². The molecule has 0 spiro atoms. The minimum Gasteiger partial charge on any atom is -0.293 e. The van der Waals surface area contributed by atoms with E-state index in [-0.39, 0.29) is 0 Å². The van der Waals surface area contributed by atoms with Crippen molar-refractivity contribution in [1.29, 1.82) is 0 Å². The molecule has 4 unspecified atom stereocenters. The summed E-state index contributed by atoms with van der Waals surface area (Å²) in [6.07, 6.45) is 22.9. The van der Waals surface area contributed by atoms with Crippen LogP contribution in [0.5, 0.6) is 0 Å². The fraction of sp³-hybridized carbons (Fsp3) is 0.905. The molecule has 3 rings (SSSR count). The summed E-state index contributed by atoms with van der Waals surface area (Å²) in [5.74, 6) is 1.90. The van der Waals surface area contributed by atoms with Crippen LogP contribution in [-0.4, -0.2) is 23.5 Å². The fourth-order valence-electron chi connectivity index (χ4n) is 5.69. The van der Waals surface area contributed by atoms with Crippen molar-refractivity contribution in [3.63, 3.8) is 0 Å². The molecule has 3 fully saturated rings. The Hall–Kier alpha value is -0.300.